The average Bonchev–Trinajstić information content (AvgIpc) is 3.07. The topological polar surface area (TPSA) is 58.0 Å². The lowest BCUT2D eigenvalue weighted by molar-refractivity contribution is 0.352. The quantitative estimate of drug-likeness (QED) is 0.593. The van der Waals surface area contributed by atoms with Gasteiger partial charge in [0.15, 0.2) is 0 Å². The molecule has 0 saturated heterocycles. The smallest absolute Gasteiger partial charge is 0.224 e. The van der Waals surface area contributed by atoms with Gasteiger partial charge in [0.05, 0.1) is 0 Å². The number of para-hydroxylation sites is 1. The molecule has 1 saturated carbocycles. The van der Waals surface area contributed by atoms with Gasteiger partial charge < -0.3 is 20.1 Å². The van der Waals surface area contributed by atoms with Crippen molar-refractivity contribution in [2.75, 3.05) is 24.3 Å². The molecule has 2 heterocycles. The van der Waals surface area contributed by atoms with Gasteiger partial charge in [-0.15, -0.1) is 0 Å². The molecule has 1 aromatic carbocycles. The minimum absolute atomic E-state index is 0.443. The zero-order valence-corrected chi connectivity index (χ0v) is 19.1. The van der Waals surface area contributed by atoms with Crippen LogP contribution < -0.4 is 15.5 Å². The van der Waals surface area contributed by atoms with E-state index in [2.05, 4.69) is 75.4 Å². The van der Waals surface area contributed by atoms with Crippen molar-refractivity contribution in [3.8, 4) is 5.69 Å². The summed E-state index contributed by atoms with van der Waals surface area (Å²) in [6.07, 6.45) is 6.43. The number of anilines is 2. The molecule has 1 fully saturated rings. The van der Waals surface area contributed by atoms with Gasteiger partial charge in [0, 0.05) is 56.0 Å². The van der Waals surface area contributed by atoms with Crippen LogP contribution in [0.1, 0.15) is 42.6 Å². The zero-order chi connectivity index (χ0) is 21.8. The van der Waals surface area contributed by atoms with Gasteiger partial charge in [-0.25, -0.2) is 4.98 Å². The second-order valence-corrected chi connectivity index (χ2v) is 8.77. The summed E-state index contributed by atoms with van der Waals surface area (Å²) in [5, 5.41) is 7.33. The molecule has 3 aromatic rings. The number of benzene rings is 1. The Labute approximate surface area is 185 Å². The molecular weight excluding hydrogens is 384 g/mol. The second-order valence-electron chi connectivity index (χ2n) is 8.77. The molecule has 0 unspecified atom stereocenters. The van der Waals surface area contributed by atoms with Crippen molar-refractivity contribution in [3.63, 3.8) is 0 Å². The Morgan fingerprint density at radius 2 is 1.71 bits per heavy atom. The highest BCUT2D eigenvalue weighted by molar-refractivity contribution is 5.42. The predicted octanol–water partition coefficient (Wildman–Crippen LogP) is 4.46. The maximum atomic E-state index is 4.59. The third-order valence-electron chi connectivity index (χ3n) is 6.29. The monoisotopic (exact) mass is 418 g/mol. The number of hydrogen-bond acceptors (Lipinski definition) is 5. The van der Waals surface area contributed by atoms with Crippen LogP contribution in [0.4, 0.5) is 11.8 Å². The Kier molecular flexibility index (Phi) is 6.56. The van der Waals surface area contributed by atoms with Gasteiger partial charge in [-0.2, -0.15) is 4.98 Å². The summed E-state index contributed by atoms with van der Waals surface area (Å²) in [5.41, 5.74) is 5.23. The van der Waals surface area contributed by atoms with E-state index < -0.39 is 0 Å². The van der Waals surface area contributed by atoms with Gasteiger partial charge in [-0.1, -0.05) is 18.2 Å². The highest BCUT2D eigenvalue weighted by Crippen LogP contribution is 2.24. The van der Waals surface area contributed by atoms with Crippen LogP contribution in [-0.4, -0.2) is 40.7 Å². The summed E-state index contributed by atoms with van der Waals surface area (Å²) in [5.74, 6) is 1.66. The molecule has 0 amide bonds. The van der Waals surface area contributed by atoms with Crippen molar-refractivity contribution in [1.82, 2.24) is 19.9 Å². The van der Waals surface area contributed by atoms with E-state index in [9.17, 15) is 0 Å². The standard InChI is InChI=1S/C25H34N6/c1-18-16-20(19(2)31(18)23-8-6-5-7-9-23)17-27-21-10-12-22(13-11-21)28-25-26-15-14-24(29-25)30(3)4/h5-9,14-16,21-22,27H,10-13,17H2,1-4H3,(H,26,28,29)/t21-,22+. The molecule has 0 aliphatic heterocycles. The molecule has 0 spiro atoms. The number of nitrogens with zero attached hydrogens (tertiary/aromatic N) is 4. The van der Waals surface area contributed by atoms with E-state index in [1.165, 1.54) is 35.5 Å². The van der Waals surface area contributed by atoms with Gasteiger partial charge in [0.25, 0.3) is 0 Å². The van der Waals surface area contributed by atoms with E-state index >= 15 is 0 Å². The first-order valence-corrected chi connectivity index (χ1v) is 11.2. The fraction of sp³-hybridized carbons (Fsp3) is 0.440. The summed E-state index contributed by atoms with van der Waals surface area (Å²) in [6.45, 7) is 5.33. The van der Waals surface area contributed by atoms with Gasteiger partial charge >= 0.3 is 0 Å². The highest BCUT2D eigenvalue weighted by atomic mass is 15.2. The molecule has 0 atom stereocenters. The first kappa shape index (κ1) is 21.4. The molecule has 6 heteroatoms. The van der Waals surface area contributed by atoms with Crippen LogP contribution in [0.25, 0.3) is 5.69 Å². The number of aryl methyl sites for hydroxylation is 1. The van der Waals surface area contributed by atoms with Crippen LogP contribution >= 0.6 is 0 Å². The molecule has 164 valence electrons. The molecule has 2 aromatic heterocycles. The molecular formula is C25H34N6. The SMILES string of the molecule is Cc1cc(CN[C@H]2CC[C@@H](Nc3nccc(N(C)C)n3)CC2)c(C)n1-c1ccccc1. The molecule has 31 heavy (non-hydrogen) atoms. The van der Waals surface area contributed by atoms with E-state index in [0.29, 0.717) is 12.1 Å². The molecule has 0 bridgehead atoms. The number of rotatable bonds is 7. The van der Waals surface area contributed by atoms with E-state index in [1.54, 1.807) is 0 Å². The Hall–Kier alpha value is -2.86. The van der Waals surface area contributed by atoms with Gasteiger partial charge in [0.2, 0.25) is 5.95 Å². The van der Waals surface area contributed by atoms with Crippen molar-refractivity contribution in [2.24, 2.45) is 0 Å². The van der Waals surface area contributed by atoms with Crippen molar-refractivity contribution in [1.29, 1.82) is 0 Å². The fourth-order valence-electron chi connectivity index (χ4n) is 4.53. The van der Waals surface area contributed by atoms with E-state index in [0.717, 1.165) is 31.2 Å². The van der Waals surface area contributed by atoms with Crippen LogP contribution in [0, 0.1) is 13.8 Å². The van der Waals surface area contributed by atoms with Gasteiger partial charge in [0.1, 0.15) is 5.82 Å². The van der Waals surface area contributed by atoms with Gasteiger partial charge in [-0.05, 0) is 69.4 Å². The third kappa shape index (κ3) is 5.07. The Balaban J connectivity index is 1.30. The number of nitrogens with one attached hydrogen (secondary N) is 2. The van der Waals surface area contributed by atoms with E-state index in [4.69, 9.17) is 0 Å². The zero-order valence-electron chi connectivity index (χ0n) is 19.1. The maximum Gasteiger partial charge on any atom is 0.224 e. The van der Waals surface area contributed by atoms with E-state index in [-0.39, 0.29) is 0 Å². The molecule has 1 aliphatic carbocycles. The molecule has 6 nitrogen and oxygen atoms in total. The maximum absolute atomic E-state index is 4.59. The van der Waals surface area contributed by atoms with Crippen LogP contribution in [0.2, 0.25) is 0 Å². The lowest BCUT2D eigenvalue weighted by Crippen LogP contribution is -2.37. The summed E-state index contributed by atoms with van der Waals surface area (Å²) in [7, 11) is 4.00. The van der Waals surface area contributed by atoms with Crippen molar-refractivity contribution < 1.29 is 0 Å². The highest BCUT2D eigenvalue weighted by Gasteiger charge is 2.22. The third-order valence-corrected chi connectivity index (χ3v) is 6.29. The molecule has 0 radical (unpaired) electrons. The Bertz CT molecular complexity index is 987. The van der Waals surface area contributed by atoms with Gasteiger partial charge in [-0.3, -0.25) is 0 Å². The van der Waals surface area contributed by atoms with Crippen LogP contribution in [0.3, 0.4) is 0 Å². The van der Waals surface area contributed by atoms with Crippen molar-refractivity contribution in [3.05, 3.63) is 65.6 Å². The summed E-state index contributed by atoms with van der Waals surface area (Å²) >= 11 is 0. The normalized spacial score (nSPS) is 18.7. The lowest BCUT2D eigenvalue weighted by Gasteiger charge is -2.30. The first-order chi connectivity index (χ1) is 15.0. The second kappa shape index (κ2) is 9.52. The van der Waals surface area contributed by atoms with Crippen LogP contribution in [0.5, 0.6) is 0 Å². The predicted molar refractivity (Wildman–Crippen MR) is 128 cm³/mol. The Morgan fingerprint density at radius 1 is 1.00 bits per heavy atom. The average molecular weight is 419 g/mol. The van der Waals surface area contributed by atoms with Crippen molar-refractivity contribution >= 4 is 11.8 Å². The molecule has 2 N–H and O–H groups in total. The number of aromatic nitrogens is 3. The first-order valence-electron chi connectivity index (χ1n) is 11.2. The molecule has 1 aliphatic rings. The number of hydrogen-bond donors (Lipinski definition) is 2. The minimum atomic E-state index is 0.443. The summed E-state index contributed by atoms with van der Waals surface area (Å²) in [4.78, 5) is 11.0. The fourth-order valence-corrected chi connectivity index (χ4v) is 4.53. The largest absolute Gasteiger partial charge is 0.363 e. The lowest BCUT2D eigenvalue weighted by atomic mass is 9.91. The van der Waals surface area contributed by atoms with E-state index in [1.807, 2.05) is 31.3 Å². The Morgan fingerprint density at radius 3 is 2.42 bits per heavy atom. The minimum Gasteiger partial charge on any atom is -0.363 e. The van der Waals surface area contributed by atoms with Crippen molar-refractivity contribution in [2.45, 2.75) is 58.2 Å². The van der Waals surface area contributed by atoms with Crippen LogP contribution in [-0.2, 0) is 6.54 Å². The van der Waals surface area contributed by atoms with Crippen LogP contribution in [0.15, 0.2) is 48.7 Å². The molecule has 4 rings (SSSR count). The summed E-state index contributed by atoms with van der Waals surface area (Å²) in [6, 6.07) is 15.9. The summed E-state index contributed by atoms with van der Waals surface area (Å²) < 4.78 is 2.35.